The maximum Gasteiger partial charge on any atom is 0.188 e. The molecular weight excluding hydrogens is 335 g/mol. The molecule has 0 unspecified atom stereocenters. The van der Waals surface area contributed by atoms with E-state index >= 15 is 0 Å². The Hall–Kier alpha value is -2.53. The van der Waals surface area contributed by atoms with Gasteiger partial charge in [0.1, 0.15) is 11.6 Å². The van der Waals surface area contributed by atoms with E-state index in [4.69, 9.17) is 21.1 Å². The second-order valence-corrected chi connectivity index (χ2v) is 5.23. The summed E-state index contributed by atoms with van der Waals surface area (Å²) in [6.45, 7) is 2.12. The number of ketones is 1. The number of carbonyl (C=O) groups excluding carboxylic acids is 1. The lowest BCUT2D eigenvalue weighted by Gasteiger charge is -2.08. The molecule has 2 aromatic rings. The molecule has 0 amide bonds. The molecule has 0 aliphatic carbocycles. The minimum absolute atomic E-state index is 0.0676. The molecule has 0 aliphatic heterocycles. The number of carbonyl (C=O) groups is 1. The van der Waals surface area contributed by atoms with Crippen molar-refractivity contribution < 1.29 is 23.8 Å². The van der Waals surface area contributed by atoms with Crippen LogP contribution in [0.25, 0.3) is 6.08 Å². The van der Waals surface area contributed by atoms with Crippen LogP contribution in [0.4, 0.5) is 4.39 Å². The third kappa shape index (κ3) is 4.06. The Bertz CT molecular complexity index is 787. The fourth-order valence-corrected chi connectivity index (χ4v) is 2.26. The van der Waals surface area contributed by atoms with Crippen LogP contribution in [0, 0.1) is 5.82 Å². The van der Waals surface area contributed by atoms with Gasteiger partial charge < -0.3 is 14.6 Å². The first-order valence-electron chi connectivity index (χ1n) is 7.17. The number of rotatable bonds is 6. The van der Waals surface area contributed by atoms with Gasteiger partial charge >= 0.3 is 0 Å². The van der Waals surface area contributed by atoms with Crippen molar-refractivity contribution in [3.8, 4) is 17.2 Å². The third-order valence-electron chi connectivity index (χ3n) is 3.22. The number of allylic oxidation sites excluding steroid dienone is 1. The van der Waals surface area contributed by atoms with Gasteiger partial charge in [0.2, 0.25) is 0 Å². The summed E-state index contributed by atoms with van der Waals surface area (Å²) in [5, 5.41) is 9.89. The van der Waals surface area contributed by atoms with Gasteiger partial charge in [-0.1, -0.05) is 17.7 Å². The van der Waals surface area contributed by atoms with Gasteiger partial charge in [-0.2, -0.15) is 0 Å². The lowest BCUT2D eigenvalue weighted by atomic mass is 10.1. The molecule has 0 heterocycles. The number of hydrogen-bond acceptors (Lipinski definition) is 4. The Balaban J connectivity index is 2.26. The van der Waals surface area contributed by atoms with Crippen molar-refractivity contribution in [1.29, 1.82) is 0 Å². The smallest absolute Gasteiger partial charge is 0.188 e. The molecule has 0 aromatic heterocycles. The molecular formula is C18H16ClFO4. The Morgan fingerprint density at radius 1 is 1.33 bits per heavy atom. The Labute approximate surface area is 144 Å². The molecule has 2 rings (SSSR count). The van der Waals surface area contributed by atoms with Crippen molar-refractivity contribution in [2.45, 2.75) is 6.92 Å². The molecule has 2 aromatic carbocycles. The van der Waals surface area contributed by atoms with Crippen LogP contribution in [-0.2, 0) is 0 Å². The van der Waals surface area contributed by atoms with E-state index in [-0.39, 0.29) is 22.1 Å². The van der Waals surface area contributed by atoms with E-state index in [0.717, 1.165) is 6.07 Å². The van der Waals surface area contributed by atoms with Gasteiger partial charge in [-0.3, -0.25) is 4.79 Å². The average Bonchev–Trinajstić information content (AvgIpc) is 2.57. The molecule has 4 nitrogen and oxygen atoms in total. The number of ether oxygens (including phenoxy) is 2. The van der Waals surface area contributed by atoms with Gasteiger partial charge in [0.05, 0.1) is 24.3 Å². The molecule has 0 saturated heterocycles. The zero-order chi connectivity index (χ0) is 17.7. The zero-order valence-electron chi connectivity index (χ0n) is 13.2. The number of phenols is 1. The number of hydrogen-bond donors (Lipinski definition) is 1. The Morgan fingerprint density at radius 2 is 2.08 bits per heavy atom. The van der Waals surface area contributed by atoms with Gasteiger partial charge in [0.25, 0.3) is 0 Å². The van der Waals surface area contributed by atoms with E-state index in [2.05, 4.69) is 0 Å². The van der Waals surface area contributed by atoms with E-state index in [1.807, 2.05) is 0 Å². The first-order valence-corrected chi connectivity index (χ1v) is 7.55. The standard InChI is InChI=1S/C18H16ClFO4/c1-3-24-17-9-11(8-14(19)18(17)22)4-7-16(21)13-6-5-12(23-2)10-15(13)20/h4-10,22H,3H2,1-2H3. The normalized spacial score (nSPS) is 10.8. The van der Waals surface area contributed by atoms with Gasteiger partial charge in [-0.25, -0.2) is 4.39 Å². The molecule has 1 N–H and O–H groups in total. The van der Waals surface area contributed by atoms with Crippen LogP contribution in [0.1, 0.15) is 22.8 Å². The minimum atomic E-state index is -0.664. The van der Waals surface area contributed by atoms with E-state index in [0.29, 0.717) is 17.9 Å². The van der Waals surface area contributed by atoms with Crippen molar-refractivity contribution >= 4 is 23.5 Å². The van der Waals surface area contributed by atoms with Crippen LogP contribution in [-0.4, -0.2) is 24.6 Å². The fourth-order valence-electron chi connectivity index (χ4n) is 2.04. The maximum absolute atomic E-state index is 13.9. The number of phenolic OH excluding ortho intramolecular Hbond substituents is 1. The Morgan fingerprint density at radius 3 is 2.71 bits per heavy atom. The molecule has 0 radical (unpaired) electrons. The van der Waals surface area contributed by atoms with E-state index in [9.17, 15) is 14.3 Å². The van der Waals surface area contributed by atoms with Crippen molar-refractivity contribution in [3.63, 3.8) is 0 Å². The van der Waals surface area contributed by atoms with Gasteiger partial charge in [-0.15, -0.1) is 0 Å². The SMILES string of the molecule is CCOc1cc(C=CC(=O)c2ccc(OC)cc2F)cc(Cl)c1O. The van der Waals surface area contributed by atoms with E-state index in [1.54, 1.807) is 13.0 Å². The number of aromatic hydroxyl groups is 1. The second kappa shape index (κ2) is 7.84. The molecule has 126 valence electrons. The molecule has 24 heavy (non-hydrogen) atoms. The van der Waals surface area contributed by atoms with Crippen LogP contribution < -0.4 is 9.47 Å². The lowest BCUT2D eigenvalue weighted by Crippen LogP contribution is -1.99. The highest BCUT2D eigenvalue weighted by atomic mass is 35.5. The lowest BCUT2D eigenvalue weighted by molar-refractivity contribution is 0.104. The first kappa shape index (κ1) is 17.8. The van der Waals surface area contributed by atoms with Crippen LogP contribution in [0.3, 0.4) is 0 Å². The number of methoxy groups -OCH3 is 1. The summed E-state index contributed by atoms with van der Waals surface area (Å²) in [5.41, 5.74) is 0.477. The summed E-state index contributed by atoms with van der Waals surface area (Å²) < 4.78 is 24.1. The average molecular weight is 351 g/mol. The molecule has 0 fully saturated rings. The monoisotopic (exact) mass is 350 g/mol. The van der Waals surface area contributed by atoms with Crippen molar-refractivity contribution in [2.75, 3.05) is 13.7 Å². The molecule has 0 spiro atoms. The summed E-state index contributed by atoms with van der Waals surface area (Å²) >= 11 is 5.92. The molecule has 0 atom stereocenters. The topological polar surface area (TPSA) is 55.8 Å². The van der Waals surface area contributed by atoms with Crippen LogP contribution >= 0.6 is 11.6 Å². The fraction of sp³-hybridized carbons (Fsp3) is 0.167. The van der Waals surface area contributed by atoms with Gasteiger partial charge in [0.15, 0.2) is 17.3 Å². The van der Waals surface area contributed by atoms with Crippen LogP contribution in [0.2, 0.25) is 5.02 Å². The highest BCUT2D eigenvalue weighted by molar-refractivity contribution is 6.32. The van der Waals surface area contributed by atoms with Crippen molar-refractivity contribution in [3.05, 3.63) is 58.4 Å². The van der Waals surface area contributed by atoms with Crippen LogP contribution in [0.5, 0.6) is 17.2 Å². The predicted molar refractivity (Wildman–Crippen MR) is 90.6 cm³/mol. The third-order valence-corrected chi connectivity index (χ3v) is 3.51. The number of halogens is 2. The summed E-state index contributed by atoms with van der Waals surface area (Å²) in [7, 11) is 1.42. The highest BCUT2D eigenvalue weighted by Crippen LogP contribution is 2.35. The molecule has 0 aliphatic rings. The minimum Gasteiger partial charge on any atom is -0.503 e. The summed E-state index contributed by atoms with van der Waals surface area (Å²) in [6, 6.07) is 7.03. The first-order chi connectivity index (χ1) is 11.5. The van der Waals surface area contributed by atoms with Crippen LogP contribution in [0.15, 0.2) is 36.4 Å². The maximum atomic E-state index is 13.9. The van der Waals surface area contributed by atoms with Gasteiger partial charge in [0, 0.05) is 6.07 Å². The Kier molecular flexibility index (Phi) is 5.82. The molecule has 0 saturated carbocycles. The van der Waals surface area contributed by atoms with E-state index in [1.165, 1.54) is 37.5 Å². The molecule has 6 heteroatoms. The quantitative estimate of drug-likeness (QED) is 0.616. The van der Waals surface area contributed by atoms with E-state index < -0.39 is 11.6 Å². The largest absolute Gasteiger partial charge is 0.503 e. The summed E-state index contributed by atoms with van der Waals surface area (Å²) in [4.78, 5) is 12.1. The van der Waals surface area contributed by atoms with Crippen molar-refractivity contribution in [2.24, 2.45) is 0 Å². The summed E-state index contributed by atoms with van der Waals surface area (Å²) in [5.74, 6) is -0.782. The zero-order valence-corrected chi connectivity index (χ0v) is 13.9. The molecule has 0 bridgehead atoms. The summed E-state index contributed by atoms with van der Waals surface area (Å²) in [6.07, 6.45) is 2.70. The second-order valence-electron chi connectivity index (χ2n) is 4.83. The highest BCUT2D eigenvalue weighted by Gasteiger charge is 2.11. The van der Waals surface area contributed by atoms with Crippen molar-refractivity contribution in [1.82, 2.24) is 0 Å². The van der Waals surface area contributed by atoms with Gasteiger partial charge in [-0.05, 0) is 42.8 Å². The number of benzene rings is 2. The predicted octanol–water partition coefficient (Wildman–Crippen LogP) is 4.49.